The lowest BCUT2D eigenvalue weighted by atomic mass is 10.0. The van der Waals surface area contributed by atoms with Gasteiger partial charge in [-0.3, -0.25) is 9.59 Å². The van der Waals surface area contributed by atoms with Crippen molar-refractivity contribution in [3.63, 3.8) is 0 Å². The Morgan fingerprint density at radius 1 is 1.05 bits per heavy atom. The van der Waals surface area contributed by atoms with Crippen LogP contribution >= 0.6 is 0 Å². The number of fused-ring (bicyclic) bond motifs is 2. The normalized spacial score (nSPS) is 17.9. The summed E-state index contributed by atoms with van der Waals surface area (Å²) in [6.45, 7) is 0.0176. The molecule has 0 spiro atoms. The van der Waals surface area contributed by atoms with Gasteiger partial charge in [-0.1, -0.05) is 42.5 Å². The molecule has 2 aliphatic heterocycles. The maximum atomic E-state index is 14.9. The molecule has 1 unspecified atom stereocenters. The summed E-state index contributed by atoms with van der Waals surface area (Å²) in [5.74, 6) is -4.50. The van der Waals surface area contributed by atoms with Gasteiger partial charge in [-0.2, -0.15) is 5.10 Å². The lowest BCUT2D eigenvalue weighted by Gasteiger charge is -2.23. The second-order valence-corrected chi connectivity index (χ2v) is 9.57. The summed E-state index contributed by atoms with van der Waals surface area (Å²) in [5.41, 5.74) is 0.533. The molecule has 6 rings (SSSR count). The first-order valence-electron chi connectivity index (χ1n) is 12.7. The zero-order valence-electron chi connectivity index (χ0n) is 21.3. The number of carbonyl (C=O) groups is 2. The molecule has 41 heavy (non-hydrogen) atoms. The maximum absolute atomic E-state index is 14.9. The van der Waals surface area contributed by atoms with E-state index >= 15 is 0 Å². The van der Waals surface area contributed by atoms with E-state index in [1.807, 2.05) is 0 Å². The number of para-hydroxylation sites is 1. The Hall–Kier alpha value is -4.97. The van der Waals surface area contributed by atoms with Crippen LogP contribution in [0.4, 0.5) is 18.9 Å². The number of aliphatic hydroxyl groups excluding tert-OH is 1. The number of nitrogens with one attached hydrogen (secondary N) is 2. The Morgan fingerprint density at radius 3 is 2.61 bits per heavy atom. The second kappa shape index (κ2) is 10.5. The first kappa shape index (κ1) is 26.3. The number of rotatable bonds is 5. The Balaban J connectivity index is 1.44. The standard InChI is InChI=1S/C29H22F3N5O4/c30-17-9-10-18(21(32)11-17)25-22(29-37(36-25)12-15(13-38)14-41-29)27(39)35-26-28(40)34-24-19(7-4-8-20(24)31)23(33-26)16-5-2-1-3-6-16/h1-11,15,26,38H,12-14H2,(H,34,40)(H,35,39)/t15?,26-/m1/s1. The van der Waals surface area contributed by atoms with Crippen molar-refractivity contribution in [3.8, 4) is 17.1 Å². The predicted molar refractivity (Wildman–Crippen MR) is 142 cm³/mol. The van der Waals surface area contributed by atoms with Gasteiger partial charge in [0.15, 0.2) is 0 Å². The van der Waals surface area contributed by atoms with Gasteiger partial charge in [0.05, 0.1) is 31.2 Å². The van der Waals surface area contributed by atoms with Crippen molar-refractivity contribution >= 4 is 23.2 Å². The number of aliphatic hydroxyl groups is 1. The SMILES string of the molecule is O=C(N[C@H]1N=C(c2ccccc2)c2cccc(F)c2NC1=O)c1c(-c2ccc(F)cc2F)nn2c1OCC(CO)C2. The Labute approximate surface area is 231 Å². The first-order valence-corrected chi connectivity index (χ1v) is 12.7. The van der Waals surface area contributed by atoms with Crippen LogP contribution in [0.2, 0.25) is 0 Å². The largest absolute Gasteiger partial charge is 0.477 e. The van der Waals surface area contributed by atoms with Gasteiger partial charge in [0.25, 0.3) is 11.8 Å². The Kier molecular flexibility index (Phi) is 6.75. The van der Waals surface area contributed by atoms with Gasteiger partial charge in [0, 0.05) is 28.7 Å². The third-order valence-corrected chi connectivity index (χ3v) is 6.80. The molecule has 208 valence electrons. The van der Waals surface area contributed by atoms with E-state index in [1.54, 1.807) is 36.4 Å². The number of aliphatic imine (C=N–C) groups is 1. The number of hydrogen-bond donors (Lipinski definition) is 3. The molecule has 2 atom stereocenters. The number of benzodiazepines with no additional fused rings is 1. The molecule has 0 fully saturated rings. The fraction of sp³-hybridized carbons (Fsp3) is 0.172. The van der Waals surface area contributed by atoms with Crippen LogP contribution < -0.4 is 15.4 Å². The number of halogens is 3. The molecular weight excluding hydrogens is 539 g/mol. The summed E-state index contributed by atoms with van der Waals surface area (Å²) < 4.78 is 50.4. The molecule has 0 aliphatic carbocycles. The molecule has 3 aromatic carbocycles. The summed E-state index contributed by atoms with van der Waals surface area (Å²) in [5, 5.41) is 19.0. The van der Waals surface area contributed by atoms with Crippen LogP contribution in [0.1, 0.15) is 21.5 Å². The fourth-order valence-corrected chi connectivity index (χ4v) is 4.81. The lowest BCUT2D eigenvalue weighted by Crippen LogP contribution is -2.42. The smallest absolute Gasteiger partial charge is 0.269 e. The number of carbonyl (C=O) groups excluding carboxylic acids is 2. The fourth-order valence-electron chi connectivity index (χ4n) is 4.81. The highest BCUT2D eigenvalue weighted by Crippen LogP contribution is 2.35. The van der Waals surface area contributed by atoms with Crippen molar-refractivity contribution in [2.24, 2.45) is 10.9 Å². The zero-order chi connectivity index (χ0) is 28.7. The quantitative estimate of drug-likeness (QED) is 0.345. The van der Waals surface area contributed by atoms with Gasteiger partial charge in [-0.05, 0) is 18.2 Å². The molecule has 0 saturated heterocycles. The van der Waals surface area contributed by atoms with Crippen molar-refractivity contribution in [1.82, 2.24) is 15.1 Å². The van der Waals surface area contributed by atoms with Gasteiger partial charge in [0.1, 0.15) is 28.7 Å². The minimum Gasteiger partial charge on any atom is -0.477 e. The van der Waals surface area contributed by atoms with E-state index in [1.165, 1.54) is 16.8 Å². The molecular formula is C29H22F3N5O4. The molecule has 2 amide bonds. The number of benzene rings is 3. The van der Waals surface area contributed by atoms with Crippen LogP contribution in [-0.2, 0) is 11.3 Å². The maximum Gasteiger partial charge on any atom is 0.269 e. The zero-order valence-corrected chi connectivity index (χ0v) is 21.3. The van der Waals surface area contributed by atoms with Crippen LogP contribution in [0.25, 0.3) is 11.3 Å². The molecule has 9 nitrogen and oxygen atoms in total. The first-order chi connectivity index (χ1) is 19.8. The Bertz CT molecular complexity index is 1710. The van der Waals surface area contributed by atoms with E-state index in [2.05, 4.69) is 20.7 Å². The molecule has 3 N–H and O–H groups in total. The lowest BCUT2D eigenvalue weighted by molar-refractivity contribution is -0.117. The van der Waals surface area contributed by atoms with Crippen LogP contribution in [0.5, 0.6) is 5.88 Å². The number of amides is 2. The van der Waals surface area contributed by atoms with Crippen LogP contribution in [0.15, 0.2) is 71.7 Å². The van der Waals surface area contributed by atoms with Crippen LogP contribution in [-0.4, -0.2) is 51.8 Å². The van der Waals surface area contributed by atoms with Crippen molar-refractivity contribution in [2.75, 3.05) is 18.5 Å². The molecule has 1 aromatic heterocycles. The summed E-state index contributed by atoms with van der Waals surface area (Å²) >= 11 is 0. The highest BCUT2D eigenvalue weighted by Gasteiger charge is 2.35. The monoisotopic (exact) mass is 561 g/mol. The topological polar surface area (TPSA) is 118 Å². The predicted octanol–water partition coefficient (Wildman–Crippen LogP) is 3.51. The highest BCUT2D eigenvalue weighted by atomic mass is 19.1. The number of hydrogen-bond acceptors (Lipinski definition) is 6. The summed E-state index contributed by atoms with van der Waals surface area (Å²) in [7, 11) is 0. The average molecular weight is 562 g/mol. The van der Waals surface area contributed by atoms with Crippen molar-refractivity contribution in [1.29, 1.82) is 0 Å². The second-order valence-electron chi connectivity index (χ2n) is 9.57. The number of nitrogens with zero attached hydrogens (tertiary/aromatic N) is 3. The molecule has 0 radical (unpaired) electrons. The highest BCUT2D eigenvalue weighted by molar-refractivity contribution is 6.20. The molecule has 4 aromatic rings. The van der Waals surface area contributed by atoms with E-state index in [4.69, 9.17) is 4.74 Å². The average Bonchev–Trinajstić information content (AvgIpc) is 3.28. The molecule has 0 saturated carbocycles. The number of ether oxygens (including phenoxy) is 1. The van der Waals surface area contributed by atoms with Crippen molar-refractivity contribution in [3.05, 3.63) is 101 Å². The van der Waals surface area contributed by atoms with E-state index in [0.717, 1.165) is 12.1 Å². The molecule has 12 heteroatoms. The minimum absolute atomic E-state index is 0.0125. The summed E-state index contributed by atoms with van der Waals surface area (Å²) in [4.78, 5) is 31.6. The van der Waals surface area contributed by atoms with E-state index in [9.17, 15) is 27.9 Å². The molecule has 3 heterocycles. The third-order valence-electron chi connectivity index (χ3n) is 6.80. The van der Waals surface area contributed by atoms with Gasteiger partial charge in [-0.25, -0.2) is 22.8 Å². The van der Waals surface area contributed by atoms with E-state index in [0.29, 0.717) is 17.2 Å². The molecule has 0 bridgehead atoms. The number of anilines is 1. The van der Waals surface area contributed by atoms with Crippen LogP contribution in [0.3, 0.4) is 0 Å². The van der Waals surface area contributed by atoms with Gasteiger partial charge < -0.3 is 20.5 Å². The van der Waals surface area contributed by atoms with Crippen molar-refractivity contribution in [2.45, 2.75) is 12.7 Å². The Morgan fingerprint density at radius 2 is 1.85 bits per heavy atom. The van der Waals surface area contributed by atoms with Crippen LogP contribution in [0, 0.1) is 23.4 Å². The van der Waals surface area contributed by atoms with Crippen molar-refractivity contribution < 1.29 is 32.6 Å². The molecule has 2 aliphatic rings. The van der Waals surface area contributed by atoms with Gasteiger partial charge in [0.2, 0.25) is 12.0 Å². The third kappa shape index (κ3) is 4.82. The van der Waals surface area contributed by atoms with E-state index in [-0.39, 0.29) is 59.8 Å². The van der Waals surface area contributed by atoms with E-state index < -0.39 is 35.4 Å². The summed E-state index contributed by atoms with van der Waals surface area (Å²) in [6.07, 6.45) is -1.53. The minimum atomic E-state index is -1.53. The number of aromatic nitrogens is 2. The van der Waals surface area contributed by atoms with Gasteiger partial charge in [-0.15, -0.1) is 0 Å². The van der Waals surface area contributed by atoms with Gasteiger partial charge >= 0.3 is 0 Å². The summed E-state index contributed by atoms with van der Waals surface area (Å²) in [6, 6.07) is 15.9.